The second kappa shape index (κ2) is 6.21. The predicted molar refractivity (Wildman–Crippen MR) is 65.4 cm³/mol. The molecule has 3 nitrogen and oxygen atoms in total. The van der Waals surface area contributed by atoms with Crippen molar-refractivity contribution in [3.63, 3.8) is 0 Å². The Bertz CT molecular complexity index is 380. The van der Waals surface area contributed by atoms with Gasteiger partial charge in [-0.15, -0.1) is 0 Å². The molecule has 0 bridgehead atoms. The minimum Gasteiger partial charge on any atom is -0.463 e. The van der Waals surface area contributed by atoms with Crippen LogP contribution in [-0.2, 0) is 14.3 Å². The summed E-state index contributed by atoms with van der Waals surface area (Å²) in [6.07, 6.45) is 5.29. The van der Waals surface area contributed by atoms with Crippen molar-refractivity contribution in [3.05, 3.63) is 42.0 Å². The smallest absolute Gasteiger partial charge is 0.306 e. The van der Waals surface area contributed by atoms with Crippen molar-refractivity contribution in [3.8, 4) is 0 Å². The molecule has 1 atom stereocenters. The third kappa shape index (κ3) is 4.83. The first-order valence-electron chi connectivity index (χ1n) is 5.83. The molecule has 0 saturated carbocycles. The summed E-state index contributed by atoms with van der Waals surface area (Å²) in [5.74, 6) is -0.154. The fraction of sp³-hybridized carbons (Fsp3) is 0.357. The number of hydrogen-bond donors (Lipinski definition) is 0. The predicted octanol–water partition coefficient (Wildman–Crippen LogP) is 2.42. The van der Waals surface area contributed by atoms with Gasteiger partial charge in [0.05, 0.1) is 6.61 Å². The first-order chi connectivity index (χ1) is 8.34. The maximum absolute atomic E-state index is 11.3. The molecule has 1 saturated heterocycles. The highest BCUT2D eigenvalue weighted by molar-refractivity contribution is 5.69. The molecule has 2 rings (SSSR count). The lowest BCUT2D eigenvalue weighted by Gasteiger charge is -2.00. The van der Waals surface area contributed by atoms with Gasteiger partial charge in [0.25, 0.3) is 0 Å². The van der Waals surface area contributed by atoms with E-state index in [9.17, 15) is 4.79 Å². The largest absolute Gasteiger partial charge is 0.463 e. The SMILES string of the molecule is O=C(CCC=Cc1ccccc1)OCC1CO1. The third-order valence-corrected chi connectivity index (χ3v) is 2.46. The average Bonchev–Trinajstić information content (AvgIpc) is 3.17. The summed E-state index contributed by atoms with van der Waals surface area (Å²) in [5, 5.41) is 0. The highest BCUT2D eigenvalue weighted by atomic mass is 16.6. The number of esters is 1. The number of ether oxygens (including phenoxy) is 2. The van der Waals surface area contributed by atoms with Crippen molar-refractivity contribution < 1.29 is 14.3 Å². The molecule has 0 aromatic heterocycles. The first-order valence-corrected chi connectivity index (χ1v) is 5.83. The van der Waals surface area contributed by atoms with Crippen molar-refractivity contribution in [2.24, 2.45) is 0 Å². The van der Waals surface area contributed by atoms with Crippen LogP contribution in [0.4, 0.5) is 0 Å². The maximum Gasteiger partial charge on any atom is 0.306 e. The zero-order chi connectivity index (χ0) is 11.9. The number of hydrogen-bond acceptors (Lipinski definition) is 3. The molecule has 0 spiro atoms. The fourth-order valence-electron chi connectivity index (χ4n) is 1.41. The molecule has 0 radical (unpaired) electrons. The highest BCUT2D eigenvalue weighted by Gasteiger charge is 2.23. The summed E-state index contributed by atoms with van der Waals surface area (Å²) < 4.78 is 9.97. The van der Waals surface area contributed by atoms with Crippen LogP contribution in [0.15, 0.2) is 36.4 Å². The van der Waals surface area contributed by atoms with Gasteiger partial charge in [0, 0.05) is 6.42 Å². The lowest BCUT2D eigenvalue weighted by atomic mass is 10.2. The van der Waals surface area contributed by atoms with Crippen LogP contribution < -0.4 is 0 Å². The standard InChI is InChI=1S/C14H16O3/c15-14(17-11-13-10-16-13)9-5-4-8-12-6-2-1-3-7-12/h1-4,6-8,13H,5,9-11H2. The monoisotopic (exact) mass is 232 g/mol. The molecule has 90 valence electrons. The van der Waals surface area contributed by atoms with E-state index in [1.165, 1.54) is 0 Å². The van der Waals surface area contributed by atoms with Crippen LogP contribution in [0, 0.1) is 0 Å². The van der Waals surface area contributed by atoms with E-state index in [0.717, 1.165) is 12.2 Å². The summed E-state index contributed by atoms with van der Waals surface area (Å²) in [6, 6.07) is 10.0. The summed E-state index contributed by atoms with van der Waals surface area (Å²) in [6.45, 7) is 1.13. The quantitative estimate of drug-likeness (QED) is 0.558. The van der Waals surface area contributed by atoms with Gasteiger partial charge in [-0.25, -0.2) is 0 Å². The van der Waals surface area contributed by atoms with Crippen LogP contribution in [0.3, 0.4) is 0 Å². The number of carbonyl (C=O) groups excluding carboxylic acids is 1. The Morgan fingerprint density at radius 2 is 2.18 bits per heavy atom. The highest BCUT2D eigenvalue weighted by Crippen LogP contribution is 2.09. The summed E-state index contributed by atoms with van der Waals surface area (Å²) in [5.41, 5.74) is 1.15. The maximum atomic E-state index is 11.3. The van der Waals surface area contributed by atoms with Gasteiger partial charge in [0.1, 0.15) is 12.7 Å². The van der Waals surface area contributed by atoms with E-state index < -0.39 is 0 Å². The molecular formula is C14H16O3. The van der Waals surface area contributed by atoms with Gasteiger partial charge >= 0.3 is 5.97 Å². The molecule has 1 fully saturated rings. The van der Waals surface area contributed by atoms with E-state index >= 15 is 0 Å². The Kier molecular flexibility index (Phi) is 4.33. The lowest BCUT2D eigenvalue weighted by molar-refractivity contribution is -0.144. The van der Waals surface area contributed by atoms with Crippen LogP contribution >= 0.6 is 0 Å². The fourth-order valence-corrected chi connectivity index (χ4v) is 1.41. The Hall–Kier alpha value is -1.61. The molecule has 0 amide bonds. The van der Waals surface area contributed by atoms with Gasteiger partial charge in [-0.05, 0) is 12.0 Å². The summed E-state index contributed by atoms with van der Waals surface area (Å²) in [4.78, 5) is 11.3. The van der Waals surface area contributed by atoms with Crippen LogP contribution in [0.25, 0.3) is 6.08 Å². The summed E-state index contributed by atoms with van der Waals surface area (Å²) in [7, 11) is 0. The van der Waals surface area contributed by atoms with Crippen molar-refractivity contribution in [1.29, 1.82) is 0 Å². The van der Waals surface area contributed by atoms with Crippen LogP contribution in [0.1, 0.15) is 18.4 Å². The molecule has 1 aliphatic heterocycles. The Morgan fingerprint density at radius 1 is 1.41 bits per heavy atom. The third-order valence-electron chi connectivity index (χ3n) is 2.46. The van der Waals surface area contributed by atoms with Gasteiger partial charge in [0.15, 0.2) is 0 Å². The Morgan fingerprint density at radius 3 is 2.88 bits per heavy atom. The van der Waals surface area contributed by atoms with E-state index in [-0.39, 0.29) is 12.1 Å². The van der Waals surface area contributed by atoms with Crippen molar-refractivity contribution in [2.45, 2.75) is 18.9 Å². The molecule has 1 aromatic carbocycles. The second-order valence-electron chi connectivity index (χ2n) is 3.99. The van der Waals surface area contributed by atoms with Crippen molar-refractivity contribution in [2.75, 3.05) is 13.2 Å². The molecule has 17 heavy (non-hydrogen) atoms. The summed E-state index contributed by atoms with van der Waals surface area (Å²) >= 11 is 0. The molecule has 0 aliphatic carbocycles. The molecule has 1 aromatic rings. The second-order valence-corrected chi connectivity index (χ2v) is 3.99. The van der Waals surface area contributed by atoms with E-state index in [2.05, 4.69) is 0 Å². The van der Waals surface area contributed by atoms with Crippen molar-refractivity contribution >= 4 is 12.0 Å². The number of benzene rings is 1. The molecular weight excluding hydrogens is 216 g/mol. The van der Waals surface area contributed by atoms with Gasteiger partial charge in [-0.2, -0.15) is 0 Å². The van der Waals surface area contributed by atoms with Crippen LogP contribution in [-0.4, -0.2) is 25.3 Å². The van der Waals surface area contributed by atoms with Crippen molar-refractivity contribution in [1.82, 2.24) is 0 Å². The zero-order valence-electron chi connectivity index (χ0n) is 9.67. The van der Waals surface area contributed by atoms with Gasteiger partial charge < -0.3 is 9.47 Å². The number of carbonyl (C=O) groups is 1. The first kappa shape index (κ1) is 11.9. The van der Waals surface area contributed by atoms with E-state index in [0.29, 0.717) is 19.4 Å². The number of allylic oxidation sites excluding steroid dienone is 1. The minimum atomic E-state index is -0.154. The number of epoxide rings is 1. The Balaban J connectivity index is 1.61. The van der Waals surface area contributed by atoms with Gasteiger partial charge in [-0.1, -0.05) is 42.5 Å². The molecule has 1 unspecified atom stereocenters. The molecule has 0 N–H and O–H groups in total. The lowest BCUT2D eigenvalue weighted by Crippen LogP contribution is -2.08. The van der Waals surface area contributed by atoms with Crippen LogP contribution in [0.2, 0.25) is 0 Å². The molecule has 1 heterocycles. The van der Waals surface area contributed by atoms with E-state index in [1.807, 2.05) is 42.5 Å². The topological polar surface area (TPSA) is 38.8 Å². The zero-order valence-corrected chi connectivity index (χ0v) is 9.67. The van der Waals surface area contributed by atoms with Crippen LogP contribution in [0.5, 0.6) is 0 Å². The molecule has 3 heteroatoms. The molecule has 1 aliphatic rings. The van der Waals surface area contributed by atoms with E-state index in [4.69, 9.17) is 9.47 Å². The van der Waals surface area contributed by atoms with Gasteiger partial charge in [-0.3, -0.25) is 4.79 Å². The normalized spacial score (nSPS) is 18.2. The number of rotatable bonds is 6. The Labute approximate surface area is 101 Å². The average molecular weight is 232 g/mol. The van der Waals surface area contributed by atoms with E-state index in [1.54, 1.807) is 0 Å². The minimum absolute atomic E-state index is 0.152. The van der Waals surface area contributed by atoms with Gasteiger partial charge in [0.2, 0.25) is 0 Å².